The molecule has 4 rings (SSSR count). The lowest BCUT2D eigenvalue weighted by Gasteiger charge is -2.09. The van der Waals surface area contributed by atoms with Gasteiger partial charge in [0.25, 0.3) is 11.2 Å². The molecule has 7 nitrogen and oxygen atoms in total. The molecule has 26 heavy (non-hydrogen) atoms. The Bertz CT molecular complexity index is 1240. The maximum atomic E-state index is 13.9. The first kappa shape index (κ1) is 15.8. The average molecular weight is 350 g/mol. The van der Waals surface area contributed by atoms with Crippen molar-refractivity contribution >= 4 is 27.5 Å². The summed E-state index contributed by atoms with van der Waals surface area (Å²) in [6, 6.07) is 10.1. The van der Waals surface area contributed by atoms with Crippen molar-refractivity contribution in [2.75, 3.05) is 0 Å². The van der Waals surface area contributed by atoms with E-state index in [1.54, 1.807) is 18.3 Å². The van der Waals surface area contributed by atoms with Gasteiger partial charge in [-0.1, -0.05) is 6.07 Å². The molecule has 4 aromatic rings. The molecule has 0 spiro atoms. The summed E-state index contributed by atoms with van der Waals surface area (Å²) in [5.41, 5.74) is 0.840. The molecule has 2 aromatic carbocycles. The normalized spacial score (nSPS) is 11.1. The molecule has 0 aliphatic heterocycles. The van der Waals surface area contributed by atoms with Crippen molar-refractivity contribution in [3.8, 4) is 0 Å². The highest BCUT2D eigenvalue weighted by Crippen LogP contribution is 2.20. The van der Waals surface area contributed by atoms with E-state index in [9.17, 15) is 19.3 Å². The van der Waals surface area contributed by atoms with Gasteiger partial charge in [0.1, 0.15) is 5.82 Å². The van der Waals surface area contributed by atoms with Crippen LogP contribution in [0.5, 0.6) is 0 Å². The van der Waals surface area contributed by atoms with Crippen molar-refractivity contribution in [1.29, 1.82) is 0 Å². The number of hydrogen-bond donors (Lipinski definition) is 0. The zero-order valence-corrected chi connectivity index (χ0v) is 13.3. The van der Waals surface area contributed by atoms with Gasteiger partial charge in [0.15, 0.2) is 0 Å². The second-order valence-corrected chi connectivity index (χ2v) is 5.78. The number of nitrogens with zero attached hydrogens (tertiary/aromatic N) is 4. The fourth-order valence-corrected chi connectivity index (χ4v) is 2.90. The predicted octanol–water partition coefficient (Wildman–Crippen LogP) is 3.04. The Kier molecular flexibility index (Phi) is 3.65. The molecular formula is C18H11FN4O3. The Hall–Kier alpha value is -3.68. The van der Waals surface area contributed by atoms with Crippen LogP contribution in [0.15, 0.2) is 59.8 Å². The second kappa shape index (κ2) is 5.99. The zero-order chi connectivity index (χ0) is 18.3. The molecule has 0 aliphatic carbocycles. The monoisotopic (exact) mass is 350 g/mol. The molecule has 2 aromatic heterocycles. The van der Waals surface area contributed by atoms with Gasteiger partial charge < -0.3 is 0 Å². The van der Waals surface area contributed by atoms with Gasteiger partial charge in [0, 0.05) is 29.3 Å². The molecule has 0 amide bonds. The number of nitro benzene ring substituents is 1. The maximum absolute atomic E-state index is 13.9. The molecule has 0 bridgehead atoms. The van der Waals surface area contributed by atoms with Gasteiger partial charge in [-0.05, 0) is 24.3 Å². The molecule has 0 radical (unpaired) electrons. The Labute approximate surface area is 145 Å². The number of halogens is 1. The van der Waals surface area contributed by atoms with Gasteiger partial charge in [0.05, 0.1) is 34.2 Å². The van der Waals surface area contributed by atoms with Crippen LogP contribution in [0.25, 0.3) is 21.8 Å². The van der Waals surface area contributed by atoms with Crippen LogP contribution in [0.1, 0.15) is 5.56 Å². The lowest BCUT2D eigenvalue weighted by Crippen LogP contribution is -2.21. The smallest absolute Gasteiger partial charge is 0.270 e. The zero-order valence-electron chi connectivity index (χ0n) is 13.3. The van der Waals surface area contributed by atoms with Crippen LogP contribution in [0.4, 0.5) is 10.1 Å². The van der Waals surface area contributed by atoms with E-state index < -0.39 is 16.3 Å². The van der Waals surface area contributed by atoms with Crippen LogP contribution < -0.4 is 5.56 Å². The topological polar surface area (TPSA) is 90.9 Å². The number of aromatic nitrogens is 3. The van der Waals surface area contributed by atoms with E-state index >= 15 is 0 Å². The SMILES string of the molecule is O=c1c2cc([N+](=O)[O-])ccc2ncn1Cc1cc(F)cc2cccnc12. The molecule has 0 N–H and O–H groups in total. The minimum absolute atomic E-state index is 0.0513. The summed E-state index contributed by atoms with van der Waals surface area (Å²) in [6.45, 7) is 0.0513. The lowest BCUT2D eigenvalue weighted by atomic mass is 10.1. The first-order chi connectivity index (χ1) is 12.5. The summed E-state index contributed by atoms with van der Waals surface area (Å²) in [4.78, 5) is 31.5. The van der Waals surface area contributed by atoms with Crippen LogP contribution in [0, 0.1) is 15.9 Å². The third-order valence-electron chi connectivity index (χ3n) is 4.11. The lowest BCUT2D eigenvalue weighted by molar-refractivity contribution is -0.384. The van der Waals surface area contributed by atoms with Crippen molar-refractivity contribution in [3.05, 3.63) is 86.8 Å². The first-order valence-corrected chi connectivity index (χ1v) is 7.70. The number of rotatable bonds is 3. The minimum atomic E-state index is -0.569. The van der Waals surface area contributed by atoms with Crippen LogP contribution in [-0.2, 0) is 6.54 Å². The van der Waals surface area contributed by atoms with Crippen LogP contribution in [0.3, 0.4) is 0 Å². The summed E-state index contributed by atoms with van der Waals surface area (Å²) < 4.78 is 15.2. The fraction of sp³-hybridized carbons (Fsp3) is 0.0556. The predicted molar refractivity (Wildman–Crippen MR) is 93.5 cm³/mol. The number of nitro groups is 1. The molecule has 128 valence electrons. The summed E-state index contributed by atoms with van der Waals surface area (Å²) in [6.07, 6.45) is 2.94. The second-order valence-electron chi connectivity index (χ2n) is 5.78. The molecule has 0 unspecified atom stereocenters. The highest BCUT2D eigenvalue weighted by molar-refractivity contribution is 5.82. The number of pyridine rings is 1. The number of benzene rings is 2. The van der Waals surface area contributed by atoms with Crippen molar-refractivity contribution in [2.45, 2.75) is 6.54 Å². The van der Waals surface area contributed by atoms with E-state index in [1.807, 2.05) is 0 Å². The van der Waals surface area contributed by atoms with E-state index in [2.05, 4.69) is 9.97 Å². The van der Waals surface area contributed by atoms with Crippen LogP contribution in [-0.4, -0.2) is 19.5 Å². The minimum Gasteiger partial charge on any atom is -0.294 e. The highest BCUT2D eigenvalue weighted by Gasteiger charge is 2.12. The van der Waals surface area contributed by atoms with Gasteiger partial charge >= 0.3 is 0 Å². The quantitative estimate of drug-likeness (QED) is 0.418. The number of hydrogen-bond acceptors (Lipinski definition) is 5. The third kappa shape index (κ3) is 2.67. The van der Waals surface area contributed by atoms with Crippen molar-refractivity contribution in [1.82, 2.24) is 14.5 Å². The van der Waals surface area contributed by atoms with E-state index in [4.69, 9.17) is 0 Å². The van der Waals surface area contributed by atoms with E-state index in [0.29, 0.717) is 22.0 Å². The molecular weight excluding hydrogens is 339 g/mol. The Morgan fingerprint density at radius 1 is 1.15 bits per heavy atom. The number of fused-ring (bicyclic) bond motifs is 2. The number of non-ortho nitro benzene ring substituents is 1. The highest BCUT2D eigenvalue weighted by atomic mass is 19.1. The van der Waals surface area contributed by atoms with Crippen molar-refractivity contribution < 1.29 is 9.31 Å². The fourth-order valence-electron chi connectivity index (χ4n) is 2.90. The molecule has 0 saturated carbocycles. The van der Waals surface area contributed by atoms with Crippen molar-refractivity contribution in [2.24, 2.45) is 0 Å². The van der Waals surface area contributed by atoms with E-state index in [-0.39, 0.29) is 17.6 Å². The standard InChI is InChI=1S/C18H11FN4O3/c19-13-6-11-2-1-5-20-17(11)12(7-13)9-22-10-21-16-4-3-14(23(25)26)8-15(16)18(22)24/h1-8,10H,9H2. The molecule has 0 fully saturated rings. The first-order valence-electron chi connectivity index (χ1n) is 7.70. The van der Waals surface area contributed by atoms with Gasteiger partial charge in [-0.2, -0.15) is 0 Å². The Balaban J connectivity index is 1.87. The van der Waals surface area contributed by atoms with E-state index in [1.165, 1.54) is 41.2 Å². The Morgan fingerprint density at radius 3 is 2.81 bits per heavy atom. The van der Waals surface area contributed by atoms with Crippen molar-refractivity contribution in [3.63, 3.8) is 0 Å². The molecule has 8 heteroatoms. The summed E-state index contributed by atoms with van der Waals surface area (Å²) in [7, 11) is 0. The molecule has 0 aliphatic rings. The average Bonchev–Trinajstić information content (AvgIpc) is 2.63. The Morgan fingerprint density at radius 2 is 2.00 bits per heavy atom. The van der Waals surface area contributed by atoms with Gasteiger partial charge in [-0.25, -0.2) is 9.37 Å². The van der Waals surface area contributed by atoms with Crippen LogP contribution >= 0.6 is 0 Å². The van der Waals surface area contributed by atoms with Gasteiger partial charge in [0.2, 0.25) is 0 Å². The third-order valence-corrected chi connectivity index (χ3v) is 4.11. The maximum Gasteiger partial charge on any atom is 0.270 e. The summed E-state index contributed by atoms with van der Waals surface area (Å²) in [5, 5.41) is 11.7. The van der Waals surface area contributed by atoms with Crippen LogP contribution in [0.2, 0.25) is 0 Å². The molecule has 0 saturated heterocycles. The van der Waals surface area contributed by atoms with E-state index in [0.717, 1.165) is 0 Å². The van der Waals surface area contributed by atoms with Gasteiger partial charge in [-0.3, -0.25) is 24.5 Å². The largest absolute Gasteiger partial charge is 0.294 e. The summed E-state index contributed by atoms with van der Waals surface area (Å²) in [5.74, 6) is -0.432. The van der Waals surface area contributed by atoms with Gasteiger partial charge in [-0.15, -0.1) is 0 Å². The molecule has 0 atom stereocenters. The molecule has 2 heterocycles. The summed E-state index contributed by atoms with van der Waals surface area (Å²) >= 11 is 0.